The molecule has 1 N–H and O–H groups in total. The molecular weight excluding hydrogens is 318 g/mol. The highest BCUT2D eigenvalue weighted by atomic mass is 16.3. The Morgan fingerprint density at radius 2 is 1.72 bits per heavy atom. The van der Waals surface area contributed by atoms with Crippen LogP contribution in [0.5, 0.6) is 0 Å². The summed E-state index contributed by atoms with van der Waals surface area (Å²) >= 11 is 0. The minimum Gasteiger partial charge on any atom is -0.395 e. The number of benzene rings is 1. The van der Waals surface area contributed by atoms with Crippen LogP contribution >= 0.6 is 0 Å². The van der Waals surface area contributed by atoms with E-state index >= 15 is 0 Å². The van der Waals surface area contributed by atoms with Gasteiger partial charge in [0.1, 0.15) is 0 Å². The van der Waals surface area contributed by atoms with Crippen LogP contribution in [-0.4, -0.2) is 77.6 Å². The van der Waals surface area contributed by atoms with Crippen LogP contribution in [0.3, 0.4) is 0 Å². The standard InChI is InChI=1S/C19H27N3O3/c1-15(16-5-3-2-4-6-16)17-13-18(24)22(19(17)25)14-21-9-7-20(8-10-21)11-12-23/h2-6,15,17,23H,7-14H2,1H3. The molecular formula is C19H27N3O3. The number of hydrogen-bond donors (Lipinski definition) is 1. The third-order valence-corrected chi connectivity index (χ3v) is 5.43. The van der Waals surface area contributed by atoms with E-state index < -0.39 is 0 Å². The fraction of sp³-hybridized carbons (Fsp3) is 0.579. The van der Waals surface area contributed by atoms with Crippen molar-refractivity contribution >= 4 is 11.8 Å². The maximum absolute atomic E-state index is 12.8. The molecule has 2 saturated heterocycles. The van der Waals surface area contributed by atoms with Crippen LogP contribution in [-0.2, 0) is 9.59 Å². The van der Waals surface area contributed by atoms with E-state index in [9.17, 15) is 9.59 Å². The first kappa shape index (κ1) is 18.0. The molecule has 136 valence electrons. The lowest BCUT2D eigenvalue weighted by Crippen LogP contribution is -2.51. The van der Waals surface area contributed by atoms with Crippen LogP contribution in [0, 0.1) is 5.92 Å². The van der Waals surface area contributed by atoms with Crippen molar-refractivity contribution in [1.82, 2.24) is 14.7 Å². The van der Waals surface area contributed by atoms with Crippen LogP contribution in [0.2, 0.25) is 0 Å². The Bertz CT molecular complexity index is 599. The third kappa shape index (κ3) is 4.08. The highest BCUT2D eigenvalue weighted by Crippen LogP contribution is 2.33. The van der Waals surface area contributed by atoms with Crippen molar-refractivity contribution in [3.63, 3.8) is 0 Å². The van der Waals surface area contributed by atoms with E-state index in [4.69, 9.17) is 5.11 Å². The molecule has 2 fully saturated rings. The van der Waals surface area contributed by atoms with Crippen molar-refractivity contribution in [2.75, 3.05) is 46.0 Å². The maximum Gasteiger partial charge on any atom is 0.234 e. The quantitative estimate of drug-likeness (QED) is 0.770. The normalized spacial score (nSPS) is 24.1. The monoisotopic (exact) mass is 345 g/mol. The lowest BCUT2D eigenvalue weighted by Gasteiger charge is -2.35. The summed E-state index contributed by atoms with van der Waals surface area (Å²) in [4.78, 5) is 31.0. The Morgan fingerprint density at radius 1 is 1.08 bits per heavy atom. The van der Waals surface area contributed by atoms with Gasteiger partial charge in [0.05, 0.1) is 19.2 Å². The number of carbonyl (C=O) groups excluding carboxylic acids is 2. The second kappa shape index (κ2) is 8.08. The number of imide groups is 1. The molecule has 6 heteroatoms. The van der Waals surface area contributed by atoms with Gasteiger partial charge < -0.3 is 5.11 Å². The van der Waals surface area contributed by atoms with Crippen LogP contribution in [0.4, 0.5) is 0 Å². The number of amides is 2. The van der Waals surface area contributed by atoms with Crippen molar-refractivity contribution < 1.29 is 14.7 Å². The smallest absolute Gasteiger partial charge is 0.234 e. The number of rotatable bonds is 6. The minimum atomic E-state index is -0.259. The second-order valence-corrected chi connectivity index (χ2v) is 6.99. The Balaban J connectivity index is 1.58. The van der Waals surface area contributed by atoms with E-state index in [1.165, 1.54) is 4.90 Å². The molecule has 2 atom stereocenters. The highest BCUT2D eigenvalue weighted by molar-refractivity contribution is 6.03. The Labute approximate surface area is 149 Å². The number of likely N-dealkylation sites (tertiary alicyclic amines) is 1. The molecule has 2 aliphatic rings. The van der Waals surface area contributed by atoms with Gasteiger partial charge in [-0.2, -0.15) is 0 Å². The molecule has 0 spiro atoms. The molecule has 0 aromatic heterocycles. The lowest BCUT2D eigenvalue weighted by molar-refractivity contribution is -0.142. The molecule has 2 amide bonds. The van der Waals surface area contributed by atoms with Gasteiger partial charge in [-0.3, -0.25) is 24.3 Å². The van der Waals surface area contributed by atoms with E-state index in [1.807, 2.05) is 37.3 Å². The van der Waals surface area contributed by atoms with Gasteiger partial charge in [0, 0.05) is 39.1 Å². The number of carbonyl (C=O) groups is 2. The van der Waals surface area contributed by atoms with Gasteiger partial charge in [0.15, 0.2) is 0 Å². The van der Waals surface area contributed by atoms with Gasteiger partial charge in [0.2, 0.25) is 11.8 Å². The maximum atomic E-state index is 12.8. The number of hydrogen-bond acceptors (Lipinski definition) is 5. The minimum absolute atomic E-state index is 0.0425. The summed E-state index contributed by atoms with van der Waals surface area (Å²) in [6, 6.07) is 9.94. The molecule has 3 rings (SSSR count). The summed E-state index contributed by atoms with van der Waals surface area (Å²) in [7, 11) is 0. The topological polar surface area (TPSA) is 64.1 Å². The molecule has 6 nitrogen and oxygen atoms in total. The number of aliphatic hydroxyl groups excluding tert-OH is 1. The molecule has 2 unspecified atom stereocenters. The molecule has 0 saturated carbocycles. The zero-order valence-electron chi connectivity index (χ0n) is 14.8. The molecule has 0 bridgehead atoms. The zero-order valence-corrected chi connectivity index (χ0v) is 14.8. The van der Waals surface area contributed by atoms with E-state index in [0.29, 0.717) is 19.6 Å². The van der Waals surface area contributed by atoms with Crippen LogP contribution in [0.15, 0.2) is 30.3 Å². The van der Waals surface area contributed by atoms with Gasteiger partial charge in [0.25, 0.3) is 0 Å². The molecule has 2 aliphatic heterocycles. The SMILES string of the molecule is CC(c1ccccc1)C1CC(=O)N(CN2CCN(CCO)CC2)C1=O. The van der Waals surface area contributed by atoms with Crippen LogP contribution in [0.25, 0.3) is 0 Å². The Kier molecular flexibility index (Phi) is 5.83. The van der Waals surface area contributed by atoms with Crippen molar-refractivity contribution in [2.24, 2.45) is 5.92 Å². The van der Waals surface area contributed by atoms with Gasteiger partial charge >= 0.3 is 0 Å². The summed E-state index contributed by atoms with van der Waals surface area (Å²) in [5.41, 5.74) is 1.10. The Morgan fingerprint density at radius 3 is 2.36 bits per heavy atom. The van der Waals surface area contributed by atoms with Crippen molar-refractivity contribution in [3.8, 4) is 0 Å². The Hall–Kier alpha value is -1.76. The van der Waals surface area contributed by atoms with Crippen molar-refractivity contribution in [1.29, 1.82) is 0 Å². The molecule has 0 radical (unpaired) electrons. The van der Waals surface area contributed by atoms with E-state index in [0.717, 1.165) is 31.7 Å². The predicted molar refractivity (Wildman–Crippen MR) is 94.8 cm³/mol. The lowest BCUT2D eigenvalue weighted by atomic mass is 9.86. The van der Waals surface area contributed by atoms with Crippen molar-refractivity contribution in [2.45, 2.75) is 19.3 Å². The number of β-amino-alcohol motifs (C(OH)–C–C–N with tert-alkyl or cyclic N) is 1. The largest absolute Gasteiger partial charge is 0.395 e. The third-order valence-electron chi connectivity index (χ3n) is 5.43. The second-order valence-electron chi connectivity index (χ2n) is 6.99. The molecule has 25 heavy (non-hydrogen) atoms. The summed E-state index contributed by atoms with van der Waals surface area (Å²) in [5.74, 6) is -0.315. The molecule has 0 aliphatic carbocycles. The average molecular weight is 345 g/mol. The van der Waals surface area contributed by atoms with E-state index in [-0.39, 0.29) is 30.3 Å². The van der Waals surface area contributed by atoms with E-state index in [1.54, 1.807) is 0 Å². The van der Waals surface area contributed by atoms with Gasteiger partial charge in [-0.05, 0) is 11.5 Å². The fourth-order valence-corrected chi connectivity index (χ4v) is 3.73. The first-order chi connectivity index (χ1) is 12.1. The van der Waals surface area contributed by atoms with Gasteiger partial charge in [-0.1, -0.05) is 37.3 Å². The van der Waals surface area contributed by atoms with Crippen molar-refractivity contribution in [3.05, 3.63) is 35.9 Å². The summed E-state index contributed by atoms with van der Waals surface area (Å²) in [6.07, 6.45) is 0.305. The van der Waals surface area contributed by atoms with Gasteiger partial charge in [-0.25, -0.2) is 0 Å². The molecule has 2 heterocycles. The summed E-state index contributed by atoms with van der Waals surface area (Å²) in [6.45, 7) is 6.63. The van der Waals surface area contributed by atoms with Crippen LogP contribution in [0.1, 0.15) is 24.8 Å². The summed E-state index contributed by atoms with van der Waals surface area (Å²) < 4.78 is 0. The number of nitrogens with zero attached hydrogens (tertiary/aromatic N) is 3. The molecule has 1 aromatic carbocycles. The first-order valence-electron chi connectivity index (χ1n) is 9.05. The van der Waals surface area contributed by atoms with E-state index in [2.05, 4.69) is 9.80 Å². The summed E-state index contributed by atoms with van der Waals surface area (Å²) in [5, 5.41) is 9.01. The first-order valence-corrected chi connectivity index (χ1v) is 9.05. The number of piperazine rings is 1. The average Bonchev–Trinajstić information content (AvgIpc) is 2.92. The number of aliphatic hydroxyl groups is 1. The zero-order chi connectivity index (χ0) is 17.8. The highest BCUT2D eigenvalue weighted by Gasteiger charge is 2.42. The van der Waals surface area contributed by atoms with Crippen LogP contribution < -0.4 is 0 Å². The predicted octanol–water partition coefficient (Wildman–Crippen LogP) is 0.733. The molecule has 1 aromatic rings. The fourth-order valence-electron chi connectivity index (χ4n) is 3.73. The van der Waals surface area contributed by atoms with Gasteiger partial charge in [-0.15, -0.1) is 0 Å².